The Balaban J connectivity index is 1.44. The van der Waals surface area contributed by atoms with Crippen molar-refractivity contribution < 1.29 is 22.7 Å². The minimum atomic E-state index is -4.82. The van der Waals surface area contributed by atoms with E-state index in [4.69, 9.17) is 4.98 Å². The summed E-state index contributed by atoms with van der Waals surface area (Å²) in [6, 6.07) is 7.70. The molecule has 3 aromatic heterocycles. The van der Waals surface area contributed by atoms with Gasteiger partial charge in [0.1, 0.15) is 29.0 Å². The van der Waals surface area contributed by atoms with Crippen molar-refractivity contribution in [3.63, 3.8) is 0 Å². The van der Waals surface area contributed by atoms with E-state index in [9.17, 15) is 18.0 Å². The Labute approximate surface area is 229 Å². The molecule has 212 valence electrons. The number of hydrogen-bond donors (Lipinski definition) is 3. The molecule has 0 aromatic carbocycles. The molecule has 1 amide bonds. The third kappa shape index (κ3) is 6.35. The predicted molar refractivity (Wildman–Crippen MR) is 144 cm³/mol. The maximum absolute atomic E-state index is 12.7. The van der Waals surface area contributed by atoms with Gasteiger partial charge < -0.3 is 25.6 Å². The van der Waals surface area contributed by atoms with Crippen LogP contribution in [0.3, 0.4) is 0 Å². The van der Waals surface area contributed by atoms with E-state index >= 15 is 0 Å². The quantitative estimate of drug-likeness (QED) is 0.379. The highest BCUT2D eigenvalue weighted by molar-refractivity contribution is 5.78. The first-order valence-electron chi connectivity index (χ1n) is 13.1. The van der Waals surface area contributed by atoms with Gasteiger partial charge >= 0.3 is 6.36 Å². The van der Waals surface area contributed by atoms with E-state index in [-0.39, 0.29) is 23.1 Å². The number of anilines is 4. The molecule has 3 N–H and O–H groups in total. The zero-order valence-corrected chi connectivity index (χ0v) is 22.3. The lowest BCUT2D eigenvalue weighted by Crippen LogP contribution is -2.38. The summed E-state index contributed by atoms with van der Waals surface area (Å²) in [5.74, 6) is 1.98. The fraction of sp³-hybridized carbons (Fsp3) is 0.444. The Morgan fingerprint density at radius 1 is 1.07 bits per heavy atom. The molecular weight excluding hydrogens is 525 g/mol. The molecule has 2 aliphatic rings. The van der Waals surface area contributed by atoms with Gasteiger partial charge in [0.15, 0.2) is 5.82 Å². The number of halogens is 3. The Bertz CT molecular complexity index is 1350. The molecule has 0 radical (unpaired) electrons. The Kier molecular flexibility index (Phi) is 7.63. The molecule has 2 unspecified atom stereocenters. The van der Waals surface area contributed by atoms with E-state index in [0.29, 0.717) is 28.8 Å². The summed E-state index contributed by atoms with van der Waals surface area (Å²) in [7, 11) is 3.45. The molecule has 1 saturated carbocycles. The number of nitrogens with zero attached hydrogens (tertiary/aromatic N) is 5. The summed E-state index contributed by atoms with van der Waals surface area (Å²) in [5, 5.41) is 8.78. The van der Waals surface area contributed by atoms with Crippen molar-refractivity contribution in [3.8, 4) is 17.1 Å². The van der Waals surface area contributed by atoms with Crippen molar-refractivity contribution in [1.82, 2.24) is 25.3 Å². The van der Waals surface area contributed by atoms with Crippen LogP contribution in [0.15, 0.2) is 42.7 Å². The number of hydrogen-bond acceptors (Lipinski definition) is 9. The van der Waals surface area contributed by atoms with Crippen LogP contribution in [0.2, 0.25) is 0 Å². The van der Waals surface area contributed by atoms with E-state index in [1.165, 1.54) is 6.20 Å². The summed E-state index contributed by atoms with van der Waals surface area (Å²) in [5.41, 5.74) is 0.701. The van der Waals surface area contributed by atoms with Crippen LogP contribution >= 0.6 is 0 Å². The molecule has 10 nitrogen and oxygen atoms in total. The van der Waals surface area contributed by atoms with Crippen molar-refractivity contribution in [1.29, 1.82) is 0 Å². The maximum atomic E-state index is 12.7. The lowest BCUT2D eigenvalue weighted by molar-refractivity contribution is -0.274. The molecule has 2 atom stereocenters. The molecule has 0 bridgehead atoms. The largest absolute Gasteiger partial charge is 0.573 e. The molecule has 13 heteroatoms. The van der Waals surface area contributed by atoms with Crippen LogP contribution in [0.1, 0.15) is 32.1 Å². The minimum Gasteiger partial charge on any atom is -0.406 e. The second-order valence-corrected chi connectivity index (χ2v) is 10.2. The van der Waals surface area contributed by atoms with Crippen molar-refractivity contribution >= 4 is 29.2 Å². The Morgan fingerprint density at radius 3 is 2.65 bits per heavy atom. The van der Waals surface area contributed by atoms with Crippen molar-refractivity contribution in [3.05, 3.63) is 42.7 Å². The number of pyridine rings is 2. The molecular formula is C27H31F3N8O2. The van der Waals surface area contributed by atoms with Crippen LogP contribution in [0.5, 0.6) is 5.75 Å². The number of amides is 1. The van der Waals surface area contributed by atoms with E-state index in [1.807, 2.05) is 12.1 Å². The molecule has 1 aliphatic carbocycles. The van der Waals surface area contributed by atoms with Gasteiger partial charge in [-0.15, -0.1) is 13.2 Å². The van der Waals surface area contributed by atoms with Gasteiger partial charge in [0.05, 0.1) is 0 Å². The average molecular weight is 557 g/mol. The lowest BCUT2D eigenvalue weighted by atomic mass is 9.69. The van der Waals surface area contributed by atoms with Gasteiger partial charge in [-0.3, -0.25) is 4.79 Å². The van der Waals surface area contributed by atoms with Crippen molar-refractivity contribution in [2.45, 2.75) is 38.5 Å². The van der Waals surface area contributed by atoms with E-state index in [0.717, 1.165) is 57.3 Å². The molecule has 40 heavy (non-hydrogen) atoms. The highest BCUT2D eigenvalue weighted by atomic mass is 19.4. The molecule has 1 aliphatic heterocycles. The number of ether oxygens (including phenoxy) is 1. The molecule has 5 rings (SSSR count). The zero-order chi connectivity index (χ0) is 28.3. The minimum absolute atomic E-state index is 0.00548. The van der Waals surface area contributed by atoms with Crippen LogP contribution in [0, 0.1) is 11.3 Å². The lowest BCUT2D eigenvalue weighted by Gasteiger charge is -2.37. The van der Waals surface area contributed by atoms with E-state index < -0.39 is 12.1 Å². The Morgan fingerprint density at radius 2 is 1.93 bits per heavy atom. The second kappa shape index (κ2) is 11.1. The van der Waals surface area contributed by atoms with Gasteiger partial charge in [-0.05, 0) is 49.3 Å². The van der Waals surface area contributed by atoms with Crippen LogP contribution in [0.4, 0.5) is 36.4 Å². The highest BCUT2D eigenvalue weighted by Gasteiger charge is 2.44. The summed E-state index contributed by atoms with van der Waals surface area (Å²) < 4.78 is 42.2. The fourth-order valence-corrected chi connectivity index (χ4v) is 5.65. The van der Waals surface area contributed by atoms with Crippen LogP contribution in [-0.4, -0.2) is 59.4 Å². The van der Waals surface area contributed by atoms with Gasteiger partial charge in [0.25, 0.3) is 0 Å². The fourth-order valence-electron chi connectivity index (χ4n) is 5.65. The molecule has 3 aromatic rings. The number of alkyl halides is 3. The number of rotatable bonds is 7. The van der Waals surface area contributed by atoms with Crippen LogP contribution < -0.4 is 25.6 Å². The van der Waals surface area contributed by atoms with Crippen LogP contribution in [-0.2, 0) is 4.79 Å². The first-order chi connectivity index (χ1) is 19.1. The van der Waals surface area contributed by atoms with Gasteiger partial charge in [-0.2, -0.15) is 0 Å². The average Bonchev–Trinajstić information content (AvgIpc) is 3.34. The molecule has 1 saturated heterocycles. The third-order valence-corrected chi connectivity index (χ3v) is 7.53. The van der Waals surface area contributed by atoms with Crippen molar-refractivity contribution in [2.75, 3.05) is 42.7 Å². The Hall–Kier alpha value is -4.16. The summed E-state index contributed by atoms with van der Waals surface area (Å²) in [6.45, 7) is 1.51. The molecule has 4 heterocycles. The molecule has 2 fully saturated rings. The monoisotopic (exact) mass is 556 g/mol. The van der Waals surface area contributed by atoms with Gasteiger partial charge in [-0.1, -0.05) is 6.42 Å². The van der Waals surface area contributed by atoms with E-state index in [2.05, 4.69) is 40.5 Å². The zero-order valence-electron chi connectivity index (χ0n) is 22.3. The maximum Gasteiger partial charge on any atom is 0.573 e. The summed E-state index contributed by atoms with van der Waals surface area (Å²) in [4.78, 5) is 32.5. The SMILES string of the molecule is CNC(=O)C1CCCC2(CCN(c3cc(Nc4cc(OC(F)(F)F)ccn4)nc(-c4ccc(NC)nc4)n3)C2)C1. The number of nitrogens with one attached hydrogen (secondary N) is 3. The summed E-state index contributed by atoms with van der Waals surface area (Å²) in [6.07, 6.45) is 2.78. The second-order valence-electron chi connectivity index (χ2n) is 10.2. The predicted octanol–water partition coefficient (Wildman–Crippen LogP) is 4.75. The standard InChI is InChI=1S/C27H31F3N8O2/c1-31-20-6-5-18(15-34-20)24-36-22(35-21-12-19(7-10-33-21)40-27(28,29)30)13-23(37-24)38-11-9-26(16-38)8-3-4-17(14-26)25(39)32-2/h5-7,10,12-13,15,17H,3-4,8-9,11,14,16H2,1-2H3,(H,31,34)(H,32,39)(H,33,35,36,37). The number of carbonyl (C=O) groups excluding carboxylic acids is 1. The first-order valence-corrected chi connectivity index (χ1v) is 13.1. The third-order valence-electron chi connectivity index (χ3n) is 7.53. The smallest absolute Gasteiger partial charge is 0.406 e. The van der Waals surface area contributed by atoms with Crippen molar-refractivity contribution in [2.24, 2.45) is 11.3 Å². The van der Waals surface area contributed by atoms with Crippen LogP contribution in [0.25, 0.3) is 11.4 Å². The summed E-state index contributed by atoms with van der Waals surface area (Å²) >= 11 is 0. The first kappa shape index (κ1) is 27.4. The van der Waals surface area contributed by atoms with Gasteiger partial charge in [-0.25, -0.2) is 19.9 Å². The number of aromatic nitrogens is 4. The topological polar surface area (TPSA) is 117 Å². The van der Waals surface area contributed by atoms with Gasteiger partial charge in [0.2, 0.25) is 5.91 Å². The van der Waals surface area contributed by atoms with Gasteiger partial charge in [0, 0.05) is 63.2 Å². The van der Waals surface area contributed by atoms with E-state index in [1.54, 1.807) is 26.4 Å². The normalized spacial score (nSPS) is 20.8. The highest BCUT2D eigenvalue weighted by Crippen LogP contribution is 2.47. The molecule has 1 spiro atoms. The number of carbonyl (C=O) groups is 1.